The van der Waals surface area contributed by atoms with Gasteiger partial charge in [0.15, 0.2) is 5.82 Å². The number of H-pyrrole nitrogens is 1. The maximum absolute atomic E-state index is 13.7. The highest BCUT2D eigenvalue weighted by Gasteiger charge is 2.23. The van der Waals surface area contributed by atoms with Crippen LogP contribution in [0.2, 0.25) is 5.02 Å². The average molecular weight is 253 g/mol. The summed E-state index contributed by atoms with van der Waals surface area (Å²) in [6, 6.07) is 4.85. The van der Waals surface area contributed by atoms with Gasteiger partial charge in [-0.05, 0) is 18.6 Å². The van der Waals surface area contributed by atoms with Crippen molar-refractivity contribution in [2.45, 2.75) is 6.42 Å². The van der Waals surface area contributed by atoms with Crippen LogP contribution in [0.15, 0.2) is 18.2 Å². The summed E-state index contributed by atoms with van der Waals surface area (Å²) in [5, 5.41) is 0.720. The van der Waals surface area contributed by atoms with E-state index in [4.69, 9.17) is 11.6 Å². The van der Waals surface area contributed by atoms with Gasteiger partial charge in [-0.3, -0.25) is 4.79 Å². The van der Waals surface area contributed by atoms with E-state index in [0.717, 1.165) is 19.5 Å². The Morgan fingerprint density at radius 1 is 1.41 bits per heavy atom. The van der Waals surface area contributed by atoms with E-state index < -0.39 is 5.82 Å². The quantitative estimate of drug-likeness (QED) is 0.832. The minimum Gasteiger partial charge on any atom is -0.348 e. The van der Waals surface area contributed by atoms with E-state index in [0.29, 0.717) is 16.6 Å². The van der Waals surface area contributed by atoms with E-state index in [9.17, 15) is 9.18 Å². The lowest BCUT2D eigenvalue weighted by Crippen LogP contribution is -2.42. The molecule has 17 heavy (non-hydrogen) atoms. The van der Waals surface area contributed by atoms with E-state index in [1.165, 1.54) is 6.07 Å². The van der Waals surface area contributed by atoms with E-state index in [-0.39, 0.29) is 10.9 Å². The van der Waals surface area contributed by atoms with E-state index in [1.807, 2.05) is 0 Å². The summed E-state index contributed by atoms with van der Waals surface area (Å²) in [5.41, 5.74) is 0.710. The number of aromatic amines is 1. The summed E-state index contributed by atoms with van der Waals surface area (Å²) in [6.45, 7) is 1.55. The lowest BCUT2D eigenvalue weighted by molar-refractivity contribution is 0.0646. The van der Waals surface area contributed by atoms with E-state index in [2.05, 4.69) is 4.98 Å². The molecule has 5 heteroatoms. The zero-order valence-corrected chi connectivity index (χ0v) is 9.72. The van der Waals surface area contributed by atoms with Crippen LogP contribution in [0.4, 0.5) is 4.39 Å². The predicted molar refractivity (Wildman–Crippen MR) is 63.8 cm³/mol. The lowest BCUT2D eigenvalue weighted by Gasteiger charge is -2.30. The molecule has 0 unspecified atom stereocenters. The number of benzene rings is 1. The standard InChI is InChI=1S/C12H10ClFN2O/c13-8-3-2-7-6-9(15-11(7)10(8)14)12(17)16-4-1-5-16/h2-3,6,15H,1,4-5H2. The third-order valence-corrected chi connectivity index (χ3v) is 3.35. The topological polar surface area (TPSA) is 36.1 Å². The molecule has 0 radical (unpaired) electrons. The van der Waals surface area contributed by atoms with E-state index >= 15 is 0 Å². The fraction of sp³-hybridized carbons (Fsp3) is 0.250. The van der Waals surface area contributed by atoms with Crippen LogP contribution < -0.4 is 0 Å². The Balaban J connectivity index is 2.07. The normalized spacial score (nSPS) is 15.1. The number of hydrogen-bond donors (Lipinski definition) is 1. The second kappa shape index (κ2) is 3.74. The molecule has 1 fully saturated rings. The number of rotatable bonds is 1. The van der Waals surface area contributed by atoms with Crippen LogP contribution in [0.1, 0.15) is 16.9 Å². The molecular weight excluding hydrogens is 243 g/mol. The Labute approximate surface area is 102 Å². The first-order valence-corrected chi connectivity index (χ1v) is 5.80. The Morgan fingerprint density at radius 3 is 2.82 bits per heavy atom. The molecule has 1 aliphatic heterocycles. The minimum absolute atomic E-state index is 0.0577. The highest BCUT2D eigenvalue weighted by molar-refractivity contribution is 6.31. The Bertz CT molecular complexity index is 604. The first-order chi connectivity index (χ1) is 8.16. The first-order valence-electron chi connectivity index (χ1n) is 5.43. The molecule has 1 aromatic carbocycles. The number of carbonyl (C=O) groups is 1. The van der Waals surface area contributed by atoms with Crippen LogP contribution in [-0.4, -0.2) is 28.9 Å². The second-order valence-corrected chi connectivity index (χ2v) is 4.56. The maximum atomic E-state index is 13.7. The van der Waals surface area contributed by atoms with Gasteiger partial charge in [-0.25, -0.2) is 4.39 Å². The molecule has 1 aliphatic rings. The molecule has 2 heterocycles. The van der Waals surface area contributed by atoms with Crippen LogP contribution in [0.5, 0.6) is 0 Å². The van der Waals surface area contributed by atoms with Gasteiger partial charge in [-0.15, -0.1) is 0 Å². The van der Waals surface area contributed by atoms with Gasteiger partial charge in [-0.2, -0.15) is 0 Å². The van der Waals surface area contributed by atoms with Crippen molar-refractivity contribution in [2.24, 2.45) is 0 Å². The zero-order valence-electron chi connectivity index (χ0n) is 8.96. The van der Waals surface area contributed by atoms with Crippen molar-refractivity contribution in [1.29, 1.82) is 0 Å². The molecular formula is C12H10ClFN2O. The molecule has 2 aromatic rings. The average Bonchev–Trinajstić information content (AvgIpc) is 2.65. The number of nitrogens with one attached hydrogen (secondary N) is 1. The molecule has 1 saturated heterocycles. The molecule has 0 bridgehead atoms. The number of carbonyl (C=O) groups excluding carboxylic acids is 1. The smallest absolute Gasteiger partial charge is 0.270 e. The maximum Gasteiger partial charge on any atom is 0.270 e. The SMILES string of the molecule is O=C(c1cc2ccc(Cl)c(F)c2[nH]1)N1CCC1. The van der Waals surface area contributed by atoms with Crippen molar-refractivity contribution in [3.05, 3.63) is 34.7 Å². The number of amides is 1. The number of fused-ring (bicyclic) bond motifs is 1. The van der Waals surface area contributed by atoms with Crippen molar-refractivity contribution in [2.75, 3.05) is 13.1 Å². The summed E-state index contributed by atoms with van der Waals surface area (Å²) in [5.74, 6) is -0.588. The fourth-order valence-electron chi connectivity index (χ4n) is 1.94. The molecule has 3 rings (SSSR count). The van der Waals surface area contributed by atoms with Crippen molar-refractivity contribution in [1.82, 2.24) is 9.88 Å². The van der Waals surface area contributed by atoms with Crippen molar-refractivity contribution in [3.8, 4) is 0 Å². The molecule has 88 valence electrons. The van der Waals surface area contributed by atoms with Gasteiger partial charge in [0.05, 0.1) is 10.5 Å². The Morgan fingerprint density at radius 2 is 2.18 bits per heavy atom. The molecule has 3 nitrogen and oxygen atoms in total. The summed E-state index contributed by atoms with van der Waals surface area (Å²) in [7, 11) is 0. The molecule has 1 aromatic heterocycles. The van der Waals surface area contributed by atoms with Gasteiger partial charge in [0.25, 0.3) is 5.91 Å². The number of halogens is 2. The fourth-order valence-corrected chi connectivity index (χ4v) is 2.10. The third-order valence-electron chi connectivity index (χ3n) is 3.06. The lowest BCUT2D eigenvalue weighted by atomic mass is 10.2. The second-order valence-electron chi connectivity index (χ2n) is 4.15. The summed E-state index contributed by atoms with van der Waals surface area (Å²) in [4.78, 5) is 16.5. The Kier molecular flexibility index (Phi) is 2.33. The van der Waals surface area contributed by atoms with Crippen molar-refractivity contribution in [3.63, 3.8) is 0 Å². The van der Waals surface area contributed by atoms with Gasteiger partial charge >= 0.3 is 0 Å². The summed E-state index contributed by atoms with van der Waals surface area (Å²) >= 11 is 5.69. The number of nitrogens with zero attached hydrogens (tertiary/aromatic N) is 1. The molecule has 1 N–H and O–H groups in total. The number of aromatic nitrogens is 1. The minimum atomic E-state index is -0.508. The van der Waals surface area contributed by atoms with Crippen LogP contribution in [0.25, 0.3) is 10.9 Å². The highest BCUT2D eigenvalue weighted by atomic mass is 35.5. The summed E-state index contributed by atoms with van der Waals surface area (Å²) in [6.07, 6.45) is 1.03. The highest BCUT2D eigenvalue weighted by Crippen LogP contribution is 2.25. The van der Waals surface area contributed by atoms with Gasteiger partial charge < -0.3 is 9.88 Å². The molecule has 0 atom stereocenters. The van der Waals surface area contributed by atoms with Crippen LogP contribution >= 0.6 is 11.6 Å². The van der Waals surface area contributed by atoms with Gasteiger partial charge in [0, 0.05) is 18.5 Å². The largest absolute Gasteiger partial charge is 0.348 e. The Hall–Kier alpha value is -1.55. The van der Waals surface area contributed by atoms with Gasteiger partial charge in [0.2, 0.25) is 0 Å². The van der Waals surface area contributed by atoms with Crippen LogP contribution in [0, 0.1) is 5.82 Å². The first kappa shape index (κ1) is 10.6. The van der Waals surface area contributed by atoms with E-state index in [1.54, 1.807) is 17.0 Å². The van der Waals surface area contributed by atoms with Crippen LogP contribution in [-0.2, 0) is 0 Å². The van der Waals surface area contributed by atoms with Gasteiger partial charge in [0.1, 0.15) is 5.69 Å². The third kappa shape index (κ3) is 1.60. The number of likely N-dealkylation sites (tertiary alicyclic amines) is 1. The summed E-state index contributed by atoms with van der Waals surface area (Å²) < 4.78 is 13.7. The molecule has 0 spiro atoms. The molecule has 0 saturated carbocycles. The number of hydrogen-bond acceptors (Lipinski definition) is 1. The van der Waals surface area contributed by atoms with Crippen molar-refractivity contribution < 1.29 is 9.18 Å². The predicted octanol–water partition coefficient (Wildman–Crippen LogP) is 2.81. The van der Waals surface area contributed by atoms with Crippen LogP contribution in [0.3, 0.4) is 0 Å². The van der Waals surface area contributed by atoms with Crippen molar-refractivity contribution >= 4 is 28.4 Å². The monoisotopic (exact) mass is 252 g/mol. The molecule has 1 amide bonds. The zero-order chi connectivity index (χ0) is 12.0. The molecule has 0 aliphatic carbocycles. The van der Waals surface area contributed by atoms with Gasteiger partial charge in [-0.1, -0.05) is 17.7 Å².